The summed E-state index contributed by atoms with van der Waals surface area (Å²) in [7, 11) is -3.55. The quantitative estimate of drug-likeness (QED) is 0.673. The maximum Gasteiger partial charge on any atom is 0.232 e. The molecule has 0 unspecified atom stereocenters. The highest BCUT2D eigenvalue weighted by Gasteiger charge is 2.21. The van der Waals surface area contributed by atoms with E-state index in [9.17, 15) is 13.2 Å². The number of rotatable bonds is 10. The van der Waals surface area contributed by atoms with E-state index in [-0.39, 0.29) is 19.0 Å². The van der Waals surface area contributed by atoms with Crippen LogP contribution >= 0.6 is 0 Å². The van der Waals surface area contributed by atoms with E-state index in [2.05, 4.69) is 5.32 Å². The number of carbonyl (C=O) groups is 1. The fraction of sp³-hybridized carbons (Fsp3) is 0.350. The lowest BCUT2D eigenvalue weighted by molar-refractivity contribution is -0.121. The Morgan fingerprint density at radius 3 is 2.41 bits per heavy atom. The maximum atomic E-state index is 12.3. The van der Waals surface area contributed by atoms with Crippen LogP contribution in [0, 0.1) is 0 Å². The van der Waals surface area contributed by atoms with Crippen LogP contribution in [0.15, 0.2) is 54.6 Å². The number of ether oxygens (including phenoxy) is 1. The van der Waals surface area contributed by atoms with Crippen molar-refractivity contribution in [3.8, 4) is 11.5 Å². The molecule has 0 saturated carbocycles. The lowest BCUT2D eigenvalue weighted by Crippen LogP contribution is -2.38. The van der Waals surface area contributed by atoms with Gasteiger partial charge in [-0.25, -0.2) is 8.42 Å². The smallest absolute Gasteiger partial charge is 0.232 e. The normalized spacial score (nSPS) is 11.0. The maximum absolute atomic E-state index is 12.3. The first-order valence-corrected chi connectivity index (χ1v) is 10.8. The van der Waals surface area contributed by atoms with Crippen LogP contribution in [0.25, 0.3) is 0 Å². The predicted octanol–water partition coefficient (Wildman–Crippen LogP) is 3.55. The molecule has 0 atom stereocenters. The Balaban J connectivity index is 2.16. The first-order chi connectivity index (χ1) is 12.9. The molecule has 0 aliphatic carbocycles. The zero-order valence-electron chi connectivity index (χ0n) is 15.7. The van der Waals surface area contributed by atoms with Crippen molar-refractivity contribution in [3.63, 3.8) is 0 Å². The summed E-state index contributed by atoms with van der Waals surface area (Å²) in [6.07, 6.45) is 3.34. The van der Waals surface area contributed by atoms with Gasteiger partial charge in [0.15, 0.2) is 5.75 Å². The van der Waals surface area contributed by atoms with Gasteiger partial charge in [-0.2, -0.15) is 0 Å². The Morgan fingerprint density at radius 2 is 1.74 bits per heavy atom. The van der Waals surface area contributed by atoms with Crippen molar-refractivity contribution < 1.29 is 17.9 Å². The summed E-state index contributed by atoms with van der Waals surface area (Å²) in [5, 5.41) is 2.77. The molecule has 2 aromatic rings. The zero-order chi connectivity index (χ0) is 19.7. The number of amides is 1. The lowest BCUT2D eigenvalue weighted by atomic mass is 10.2. The molecule has 6 nitrogen and oxygen atoms in total. The number of sulfonamides is 1. The summed E-state index contributed by atoms with van der Waals surface area (Å²) in [5.74, 6) is 0.983. The van der Waals surface area contributed by atoms with Crippen LogP contribution < -0.4 is 14.4 Å². The molecule has 1 N–H and O–H groups in total. The molecule has 0 spiro atoms. The molecule has 0 aliphatic rings. The average Bonchev–Trinajstić information content (AvgIpc) is 2.64. The zero-order valence-corrected chi connectivity index (χ0v) is 16.5. The minimum atomic E-state index is -3.55. The van der Waals surface area contributed by atoms with E-state index >= 15 is 0 Å². The Bertz CT molecular complexity index is 838. The molecule has 0 aromatic heterocycles. The Labute approximate surface area is 161 Å². The Morgan fingerprint density at radius 1 is 1.07 bits per heavy atom. The third-order valence-electron chi connectivity index (χ3n) is 3.90. The highest BCUT2D eigenvalue weighted by Crippen LogP contribution is 2.33. The van der Waals surface area contributed by atoms with Gasteiger partial charge in [0.2, 0.25) is 15.9 Å². The monoisotopic (exact) mass is 390 g/mol. The summed E-state index contributed by atoms with van der Waals surface area (Å²) in [4.78, 5) is 11.8. The van der Waals surface area contributed by atoms with Crippen molar-refractivity contribution in [2.24, 2.45) is 0 Å². The molecule has 1 amide bonds. The highest BCUT2D eigenvalue weighted by molar-refractivity contribution is 7.92. The second-order valence-corrected chi connectivity index (χ2v) is 8.08. The van der Waals surface area contributed by atoms with Gasteiger partial charge >= 0.3 is 0 Å². The topological polar surface area (TPSA) is 75.7 Å². The molecule has 0 heterocycles. The minimum Gasteiger partial charge on any atom is -0.455 e. The van der Waals surface area contributed by atoms with Crippen LogP contribution in [0.3, 0.4) is 0 Å². The molecular formula is C20H26N2O4S. The second-order valence-electron chi connectivity index (χ2n) is 6.17. The van der Waals surface area contributed by atoms with E-state index in [1.807, 2.05) is 25.1 Å². The number of hydrogen-bond acceptors (Lipinski definition) is 4. The number of unbranched alkanes of at least 4 members (excludes halogenated alkanes) is 1. The van der Waals surface area contributed by atoms with Gasteiger partial charge in [0.25, 0.3) is 0 Å². The molecule has 146 valence electrons. The molecule has 7 heteroatoms. The molecular weight excluding hydrogens is 364 g/mol. The number of benzene rings is 2. The predicted molar refractivity (Wildman–Crippen MR) is 108 cm³/mol. The van der Waals surface area contributed by atoms with E-state index in [1.165, 1.54) is 4.31 Å². The van der Waals surface area contributed by atoms with Gasteiger partial charge < -0.3 is 10.1 Å². The number of anilines is 1. The number of hydrogen-bond donors (Lipinski definition) is 1. The molecule has 0 aliphatic heterocycles. The van der Waals surface area contributed by atoms with Crippen LogP contribution in [0.1, 0.15) is 26.2 Å². The van der Waals surface area contributed by atoms with Gasteiger partial charge in [0.1, 0.15) is 5.75 Å². The minimum absolute atomic E-state index is 0.0703. The Hall–Kier alpha value is -2.54. The van der Waals surface area contributed by atoms with Crippen molar-refractivity contribution in [2.75, 3.05) is 23.7 Å². The summed E-state index contributed by atoms with van der Waals surface area (Å²) in [6.45, 7) is 2.38. The first kappa shape index (κ1) is 20.8. The van der Waals surface area contributed by atoms with E-state index in [4.69, 9.17) is 4.74 Å². The largest absolute Gasteiger partial charge is 0.455 e. The number of para-hydroxylation sites is 3. The van der Waals surface area contributed by atoms with Gasteiger partial charge in [-0.05, 0) is 30.7 Å². The van der Waals surface area contributed by atoms with Gasteiger partial charge in [0.05, 0.1) is 18.5 Å². The van der Waals surface area contributed by atoms with E-state index in [0.717, 1.165) is 19.1 Å². The first-order valence-electron chi connectivity index (χ1n) is 8.98. The summed E-state index contributed by atoms with van der Waals surface area (Å²) in [6, 6.07) is 16.1. The highest BCUT2D eigenvalue weighted by atomic mass is 32.2. The van der Waals surface area contributed by atoms with Crippen LogP contribution in [0.2, 0.25) is 0 Å². The molecule has 2 aromatic carbocycles. The van der Waals surface area contributed by atoms with Crippen LogP contribution in [-0.4, -0.2) is 33.7 Å². The van der Waals surface area contributed by atoms with E-state index in [0.29, 0.717) is 23.6 Å². The van der Waals surface area contributed by atoms with Gasteiger partial charge in [-0.1, -0.05) is 43.7 Å². The standard InChI is InChI=1S/C20H26N2O4S/c1-3-4-14-20(23)21-15-16-22(27(2,24)25)18-12-8-9-13-19(18)26-17-10-6-5-7-11-17/h5-13H,3-4,14-16H2,1-2H3,(H,21,23). The number of nitrogens with one attached hydrogen (secondary N) is 1. The average molecular weight is 391 g/mol. The third-order valence-corrected chi connectivity index (χ3v) is 5.08. The Kier molecular flexibility index (Phi) is 7.67. The summed E-state index contributed by atoms with van der Waals surface area (Å²) < 4.78 is 31.8. The molecule has 0 radical (unpaired) electrons. The summed E-state index contributed by atoms with van der Waals surface area (Å²) >= 11 is 0. The molecule has 0 fully saturated rings. The summed E-state index contributed by atoms with van der Waals surface area (Å²) in [5.41, 5.74) is 0.437. The fourth-order valence-electron chi connectivity index (χ4n) is 2.55. The lowest BCUT2D eigenvalue weighted by Gasteiger charge is -2.24. The van der Waals surface area contributed by atoms with Gasteiger partial charge in [-0.15, -0.1) is 0 Å². The molecule has 2 rings (SSSR count). The van der Waals surface area contributed by atoms with Gasteiger partial charge in [-0.3, -0.25) is 9.10 Å². The fourth-order valence-corrected chi connectivity index (χ4v) is 3.48. The molecule has 27 heavy (non-hydrogen) atoms. The van der Waals surface area contributed by atoms with Crippen LogP contribution in [-0.2, 0) is 14.8 Å². The van der Waals surface area contributed by atoms with Crippen LogP contribution in [0.5, 0.6) is 11.5 Å². The number of carbonyl (C=O) groups excluding carboxylic acids is 1. The van der Waals surface area contributed by atoms with Crippen molar-refractivity contribution in [1.29, 1.82) is 0 Å². The molecule has 0 saturated heterocycles. The second kappa shape index (κ2) is 9.97. The van der Waals surface area contributed by atoms with Crippen molar-refractivity contribution in [2.45, 2.75) is 26.2 Å². The van der Waals surface area contributed by atoms with Crippen molar-refractivity contribution >= 4 is 21.6 Å². The van der Waals surface area contributed by atoms with E-state index in [1.54, 1.807) is 36.4 Å². The van der Waals surface area contributed by atoms with Crippen molar-refractivity contribution in [1.82, 2.24) is 5.32 Å². The van der Waals surface area contributed by atoms with Crippen LogP contribution in [0.4, 0.5) is 5.69 Å². The SMILES string of the molecule is CCCCC(=O)NCCN(c1ccccc1Oc1ccccc1)S(C)(=O)=O. The third kappa shape index (κ3) is 6.60. The molecule has 0 bridgehead atoms. The number of nitrogens with zero attached hydrogens (tertiary/aromatic N) is 1. The van der Waals surface area contributed by atoms with E-state index < -0.39 is 10.0 Å². The van der Waals surface area contributed by atoms with Crippen molar-refractivity contribution in [3.05, 3.63) is 54.6 Å². The van der Waals surface area contributed by atoms with Gasteiger partial charge in [0, 0.05) is 13.0 Å².